The first-order chi connectivity index (χ1) is 13.2. The van der Waals surface area contributed by atoms with Gasteiger partial charge in [0.05, 0.1) is 12.8 Å². The third kappa shape index (κ3) is 9.41. The molecule has 0 saturated carbocycles. The van der Waals surface area contributed by atoms with Gasteiger partial charge in [-0.05, 0) is 37.5 Å². The Hall–Kier alpha value is -1.81. The van der Waals surface area contributed by atoms with Crippen LogP contribution in [0.5, 0.6) is 5.75 Å². The van der Waals surface area contributed by atoms with Crippen molar-refractivity contribution >= 4 is 35.6 Å². The average molecular weight is 501 g/mol. The highest BCUT2D eigenvalue weighted by Gasteiger charge is 2.02. The number of aromatic nitrogens is 2. The van der Waals surface area contributed by atoms with E-state index in [1.54, 1.807) is 7.11 Å². The summed E-state index contributed by atoms with van der Waals surface area (Å²) >= 11 is 0. The van der Waals surface area contributed by atoms with Crippen molar-refractivity contribution in [1.29, 1.82) is 0 Å². The number of halogens is 1. The number of nitrogens with zero attached hydrogens (tertiary/aromatic N) is 3. The highest BCUT2D eigenvalue weighted by molar-refractivity contribution is 14.0. The van der Waals surface area contributed by atoms with Crippen LogP contribution in [-0.2, 0) is 18.2 Å². The van der Waals surface area contributed by atoms with Crippen LogP contribution in [0.25, 0.3) is 0 Å². The first-order valence-corrected chi connectivity index (χ1v) is 9.46. The number of rotatable bonds is 11. The van der Waals surface area contributed by atoms with E-state index < -0.39 is 0 Å². The van der Waals surface area contributed by atoms with Crippen molar-refractivity contribution in [2.75, 3.05) is 38.7 Å². The third-order valence-electron chi connectivity index (χ3n) is 3.85. The monoisotopic (exact) mass is 501 g/mol. The molecule has 1 heterocycles. The molecule has 0 bridgehead atoms. The van der Waals surface area contributed by atoms with Crippen molar-refractivity contribution in [3.05, 3.63) is 42.2 Å². The Labute approximate surface area is 184 Å². The fraction of sp³-hybridized carbons (Fsp3) is 0.500. The second-order valence-corrected chi connectivity index (χ2v) is 6.23. The molecule has 7 nitrogen and oxygen atoms in total. The van der Waals surface area contributed by atoms with Gasteiger partial charge in [0.2, 0.25) is 0 Å². The molecular weight excluding hydrogens is 469 g/mol. The molecule has 0 aliphatic rings. The maximum absolute atomic E-state index is 5.75. The summed E-state index contributed by atoms with van der Waals surface area (Å²) in [4.78, 5) is 4.66. The minimum absolute atomic E-state index is 0. The molecule has 156 valence electrons. The Morgan fingerprint density at radius 2 is 2.11 bits per heavy atom. The highest BCUT2D eigenvalue weighted by Crippen LogP contribution is 2.17. The fourth-order valence-electron chi connectivity index (χ4n) is 2.58. The maximum atomic E-state index is 5.75. The number of ether oxygens (including phenoxy) is 2. The molecule has 28 heavy (non-hydrogen) atoms. The van der Waals surface area contributed by atoms with Gasteiger partial charge >= 0.3 is 0 Å². The van der Waals surface area contributed by atoms with Crippen molar-refractivity contribution in [2.45, 2.75) is 26.2 Å². The molecule has 0 fully saturated rings. The second kappa shape index (κ2) is 14.2. The lowest BCUT2D eigenvalue weighted by Crippen LogP contribution is -2.30. The van der Waals surface area contributed by atoms with E-state index in [0.717, 1.165) is 49.7 Å². The number of anilines is 1. The van der Waals surface area contributed by atoms with Crippen LogP contribution < -0.4 is 15.4 Å². The molecule has 0 unspecified atom stereocenters. The summed E-state index contributed by atoms with van der Waals surface area (Å²) in [5.74, 6) is 1.61. The Kier molecular flexibility index (Phi) is 12.3. The molecular formula is C20H32IN5O2. The van der Waals surface area contributed by atoms with E-state index in [1.165, 1.54) is 5.56 Å². The van der Waals surface area contributed by atoms with E-state index in [0.29, 0.717) is 13.2 Å². The van der Waals surface area contributed by atoms with Gasteiger partial charge in [-0.1, -0.05) is 6.07 Å². The van der Waals surface area contributed by atoms with Gasteiger partial charge in [-0.2, -0.15) is 5.10 Å². The van der Waals surface area contributed by atoms with Gasteiger partial charge in [0.25, 0.3) is 0 Å². The first kappa shape index (κ1) is 24.2. The van der Waals surface area contributed by atoms with Gasteiger partial charge in [-0.25, -0.2) is 0 Å². The van der Waals surface area contributed by atoms with E-state index in [4.69, 9.17) is 9.47 Å². The molecule has 2 rings (SSSR count). The quantitative estimate of drug-likeness (QED) is 0.214. The van der Waals surface area contributed by atoms with Crippen LogP contribution in [0.15, 0.2) is 41.7 Å². The topological polar surface area (TPSA) is 72.7 Å². The van der Waals surface area contributed by atoms with Gasteiger partial charge < -0.3 is 20.1 Å². The van der Waals surface area contributed by atoms with Gasteiger partial charge in [0.1, 0.15) is 5.75 Å². The Bertz CT molecular complexity index is 705. The molecule has 1 aromatic carbocycles. The molecule has 8 heteroatoms. The largest absolute Gasteiger partial charge is 0.493 e. The summed E-state index contributed by atoms with van der Waals surface area (Å²) in [5, 5.41) is 10.8. The zero-order valence-corrected chi connectivity index (χ0v) is 19.3. The molecule has 0 aliphatic heterocycles. The lowest BCUT2D eigenvalue weighted by molar-refractivity contribution is 0.172. The molecule has 1 aromatic heterocycles. The molecule has 2 aromatic rings. The van der Waals surface area contributed by atoms with Crippen molar-refractivity contribution in [1.82, 2.24) is 15.1 Å². The summed E-state index contributed by atoms with van der Waals surface area (Å²) in [5.41, 5.74) is 2.19. The third-order valence-corrected chi connectivity index (χ3v) is 3.85. The number of hydrogen-bond acceptors (Lipinski definition) is 4. The second-order valence-electron chi connectivity index (χ2n) is 6.23. The van der Waals surface area contributed by atoms with Crippen LogP contribution in [-0.4, -0.2) is 49.2 Å². The lowest BCUT2D eigenvalue weighted by atomic mass is 10.2. The Balaban J connectivity index is 0.00000392. The van der Waals surface area contributed by atoms with Gasteiger partial charge in [0, 0.05) is 58.2 Å². The van der Waals surface area contributed by atoms with E-state index in [9.17, 15) is 0 Å². The van der Waals surface area contributed by atoms with E-state index in [-0.39, 0.29) is 24.0 Å². The summed E-state index contributed by atoms with van der Waals surface area (Å²) in [6.07, 6.45) is 6.78. The molecule has 0 spiro atoms. The van der Waals surface area contributed by atoms with Crippen molar-refractivity contribution < 1.29 is 9.47 Å². The molecule has 0 radical (unpaired) electrons. The molecule has 0 atom stereocenters. The molecule has 2 N–H and O–H groups in total. The summed E-state index contributed by atoms with van der Waals surface area (Å²) in [7, 11) is 3.63. The minimum Gasteiger partial charge on any atom is -0.493 e. The van der Waals surface area contributed by atoms with Crippen LogP contribution in [0.1, 0.15) is 25.3 Å². The van der Waals surface area contributed by atoms with Gasteiger partial charge in [-0.15, -0.1) is 24.0 Å². The van der Waals surface area contributed by atoms with Gasteiger partial charge in [-0.3, -0.25) is 9.67 Å². The highest BCUT2D eigenvalue weighted by atomic mass is 127. The number of aliphatic imine (C=N–C) groups is 1. The maximum Gasteiger partial charge on any atom is 0.195 e. The van der Waals surface area contributed by atoms with Crippen LogP contribution in [0.2, 0.25) is 0 Å². The van der Waals surface area contributed by atoms with Crippen molar-refractivity contribution in [2.24, 2.45) is 12.0 Å². The number of aryl methyl sites for hydroxylation is 2. The summed E-state index contributed by atoms with van der Waals surface area (Å²) < 4.78 is 12.6. The number of nitrogens with one attached hydrogen (secondary N) is 2. The zero-order valence-electron chi connectivity index (χ0n) is 17.0. The molecule has 0 aliphatic carbocycles. The van der Waals surface area contributed by atoms with E-state index >= 15 is 0 Å². The Morgan fingerprint density at radius 1 is 1.25 bits per heavy atom. The summed E-state index contributed by atoms with van der Waals surface area (Å²) in [6, 6.07) is 7.91. The SMILES string of the molecule is CCNC(=NCCCc1cnn(C)c1)Nc1cccc(OCCCOC)c1.I. The minimum atomic E-state index is 0. The van der Waals surface area contributed by atoms with Crippen LogP contribution in [0, 0.1) is 0 Å². The normalized spacial score (nSPS) is 11.0. The van der Waals surface area contributed by atoms with Crippen LogP contribution in [0.4, 0.5) is 5.69 Å². The Morgan fingerprint density at radius 3 is 2.82 bits per heavy atom. The number of methoxy groups -OCH3 is 1. The zero-order chi connectivity index (χ0) is 19.3. The van der Waals surface area contributed by atoms with Crippen LogP contribution in [0.3, 0.4) is 0 Å². The van der Waals surface area contributed by atoms with Crippen LogP contribution >= 0.6 is 24.0 Å². The predicted octanol–water partition coefficient (Wildman–Crippen LogP) is 3.46. The summed E-state index contributed by atoms with van der Waals surface area (Å²) in [6.45, 7) is 4.95. The predicted molar refractivity (Wildman–Crippen MR) is 125 cm³/mol. The molecule has 0 saturated heterocycles. The smallest absolute Gasteiger partial charge is 0.195 e. The number of guanidine groups is 1. The molecule has 0 amide bonds. The fourth-order valence-corrected chi connectivity index (χ4v) is 2.58. The van der Waals surface area contributed by atoms with E-state index in [2.05, 4.69) is 27.6 Å². The van der Waals surface area contributed by atoms with Crippen molar-refractivity contribution in [3.8, 4) is 5.75 Å². The first-order valence-electron chi connectivity index (χ1n) is 9.46. The van der Waals surface area contributed by atoms with Crippen molar-refractivity contribution in [3.63, 3.8) is 0 Å². The number of benzene rings is 1. The number of hydrogen-bond donors (Lipinski definition) is 2. The standard InChI is InChI=1S/C20H31N5O2.HI/c1-4-21-20(22-11-6-8-17-15-23-25(2)16-17)24-18-9-5-10-19(14-18)27-13-7-12-26-3;/h5,9-10,14-16H,4,6-8,11-13H2,1-3H3,(H2,21,22,24);1H. The lowest BCUT2D eigenvalue weighted by Gasteiger charge is -2.13. The van der Waals surface area contributed by atoms with Gasteiger partial charge in [0.15, 0.2) is 5.96 Å². The van der Waals surface area contributed by atoms with E-state index in [1.807, 2.05) is 48.4 Å². The average Bonchev–Trinajstić information content (AvgIpc) is 3.08.